The molecule has 0 bridgehead atoms. The number of hydrogen-bond donors (Lipinski definition) is 1. The summed E-state index contributed by atoms with van der Waals surface area (Å²) in [5, 5.41) is 0. The summed E-state index contributed by atoms with van der Waals surface area (Å²) in [7, 11) is 0. The number of rotatable bonds is 4. The number of aromatic nitrogens is 3. The van der Waals surface area contributed by atoms with Crippen molar-refractivity contribution in [1.29, 1.82) is 0 Å². The third kappa shape index (κ3) is 4.70. The summed E-state index contributed by atoms with van der Waals surface area (Å²) in [4.78, 5) is 25.3. The van der Waals surface area contributed by atoms with Crippen molar-refractivity contribution in [2.24, 2.45) is 5.73 Å². The van der Waals surface area contributed by atoms with Gasteiger partial charge < -0.3 is 15.4 Å². The van der Waals surface area contributed by atoms with Crippen molar-refractivity contribution in [2.45, 2.75) is 31.7 Å². The van der Waals surface area contributed by atoms with Crippen LogP contribution in [0.1, 0.15) is 34.5 Å². The number of nitrogens with zero attached hydrogens (tertiary/aromatic N) is 4. The van der Waals surface area contributed by atoms with Crippen LogP contribution in [0.3, 0.4) is 0 Å². The lowest BCUT2D eigenvalue weighted by atomic mass is 10.1. The number of ether oxygens (including phenoxy) is 1. The summed E-state index contributed by atoms with van der Waals surface area (Å²) in [5.41, 5.74) is 5.05. The Morgan fingerprint density at radius 3 is 2.70 bits per heavy atom. The van der Waals surface area contributed by atoms with Crippen LogP contribution in [0.25, 0.3) is 0 Å². The molecule has 1 aliphatic heterocycles. The zero-order valence-corrected chi connectivity index (χ0v) is 14.3. The molecule has 2 aromatic heterocycles. The molecule has 0 spiro atoms. The fourth-order valence-electron chi connectivity index (χ4n) is 2.86. The van der Waals surface area contributed by atoms with Crippen LogP contribution in [0.4, 0.5) is 13.2 Å². The molecule has 0 saturated carbocycles. The SMILES string of the molecule is NCc1cc(OC2CCCN(C(=O)c3cncnc3)C2)nc(C(F)(F)F)c1. The fraction of sp³-hybridized carbons (Fsp3) is 0.412. The number of hydrogen-bond acceptors (Lipinski definition) is 6. The second kappa shape index (κ2) is 7.87. The van der Waals surface area contributed by atoms with E-state index in [9.17, 15) is 18.0 Å². The molecule has 27 heavy (non-hydrogen) atoms. The molecule has 3 rings (SSSR count). The summed E-state index contributed by atoms with van der Waals surface area (Å²) >= 11 is 0. The van der Waals surface area contributed by atoms with Gasteiger partial charge in [-0.25, -0.2) is 15.0 Å². The lowest BCUT2D eigenvalue weighted by Gasteiger charge is -2.32. The molecule has 144 valence electrons. The Hall–Kier alpha value is -2.75. The Kier molecular flexibility index (Phi) is 5.54. The molecule has 0 aromatic carbocycles. The third-order valence-corrected chi connectivity index (χ3v) is 4.15. The topological polar surface area (TPSA) is 94.2 Å². The Morgan fingerprint density at radius 2 is 2.04 bits per heavy atom. The fourth-order valence-corrected chi connectivity index (χ4v) is 2.86. The number of carbonyl (C=O) groups excluding carboxylic acids is 1. The molecule has 2 aromatic rings. The highest BCUT2D eigenvalue weighted by atomic mass is 19.4. The molecule has 1 amide bonds. The Balaban J connectivity index is 1.73. The van der Waals surface area contributed by atoms with Gasteiger partial charge >= 0.3 is 6.18 Å². The van der Waals surface area contributed by atoms with Crippen molar-refractivity contribution in [1.82, 2.24) is 19.9 Å². The highest BCUT2D eigenvalue weighted by molar-refractivity contribution is 5.93. The maximum absolute atomic E-state index is 13.0. The average molecular weight is 381 g/mol. The van der Waals surface area contributed by atoms with Gasteiger partial charge in [0.1, 0.15) is 18.1 Å². The van der Waals surface area contributed by atoms with Gasteiger partial charge in [0.15, 0.2) is 0 Å². The number of amides is 1. The van der Waals surface area contributed by atoms with Gasteiger partial charge in [-0.05, 0) is 24.5 Å². The maximum Gasteiger partial charge on any atom is 0.433 e. The van der Waals surface area contributed by atoms with E-state index in [0.29, 0.717) is 24.9 Å². The molecule has 1 unspecified atom stereocenters. The van der Waals surface area contributed by atoms with Gasteiger partial charge in [-0.1, -0.05) is 0 Å². The first-order chi connectivity index (χ1) is 12.9. The van der Waals surface area contributed by atoms with Crippen LogP contribution in [0, 0.1) is 0 Å². The minimum absolute atomic E-state index is 0.0642. The first kappa shape index (κ1) is 19.0. The second-order valence-corrected chi connectivity index (χ2v) is 6.16. The number of carbonyl (C=O) groups is 1. The molecule has 1 atom stereocenters. The summed E-state index contributed by atoms with van der Waals surface area (Å²) in [6, 6.07) is 2.29. The summed E-state index contributed by atoms with van der Waals surface area (Å²) in [6.45, 7) is 0.701. The van der Waals surface area contributed by atoms with E-state index < -0.39 is 18.0 Å². The first-order valence-electron chi connectivity index (χ1n) is 8.36. The predicted octanol–water partition coefficient (Wildman–Crippen LogP) is 2.03. The van der Waals surface area contributed by atoms with E-state index in [1.807, 2.05) is 0 Å². The van der Waals surface area contributed by atoms with Crippen LogP contribution >= 0.6 is 0 Å². The highest BCUT2D eigenvalue weighted by Crippen LogP contribution is 2.30. The summed E-state index contributed by atoms with van der Waals surface area (Å²) < 4.78 is 44.6. The van der Waals surface area contributed by atoms with Crippen LogP contribution < -0.4 is 10.5 Å². The van der Waals surface area contributed by atoms with Crippen molar-refractivity contribution in [3.63, 3.8) is 0 Å². The number of likely N-dealkylation sites (tertiary alicyclic amines) is 1. The van der Waals surface area contributed by atoms with Gasteiger partial charge in [0.2, 0.25) is 5.88 Å². The van der Waals surface area contributed by atoms with E-state index in [4.69, 9.17) is 10.5 Å². The molecular weight excluding hydrogens is 363 g/mol. The summed E-state index contributed by atoms with van der Waals surface area (Å²) in [5.74, 6) is -0.392. The quantitative estimate of drug-likeness (QED) is 0.871. The Bertz CT molecular complexity index is 801. The normalized spacial score (nSPS) is 17.6. The van der Waals surface area contributed by atoms with Gasteiger partial charge in [-0.3, -0.25) is 4.79 Å². The molecule has 1 saturated heterocycles. The number of halogens is 3. The lowest BCUT2D eigenvalue weighted by Crippen LogP contribution is -2.44. The first-order valence-corrected chi connectivity index (χ1v) is 8.36. The van der Waals surface area contributed by atoms with Crippen LogP contribution in [0.2, 0.25) is 0 Å². The highest BCUT2D eigenvalue weighted by Gasteiger charge is 2.34. The van der Waals surface area contributed by atoms with Crippen molar-refractivity contribution >= 4 is 5.91 Å². The van der Waals surface area contributed by atoms with Gasteiger partial charge in [0.05, 0.1) is 12.1 Å². The summed E-state index contributed by atoms with van der Waals surface area (Å²) in [6.07, 6.45) is 0.369. The lowest BCUT2D eigenvalue weighted by molar-refractivity contribution is -0.141. The number of pyridine rings is 1. The number of piperidine rings is 1. The minimum atomic E-state index is -4.59. The molecule has 3 heterocycles. The van der Waals surface area contributed by atoms with Gasteiger partial charge in [0.25, 0.3) is 5.91 Å². The monoisotopic (exact) mass is 381 g/mol. The molecule has 10 heteroatoms. The van der Waals surface area contributed by atoms with Crippen LogP contribution in [0.5, 0.6) is 5.88 Å². The largest absolute Gasteiger partial charge is 0.472 e. The average Bonchev–Trinajstić information content (AvgIpc) is 2.67. The van der Waals surface area contributed by atoms with Crippen molar-refractivity contribution in [3.8, 4) is 5.88 Å². The van der Waals surface area contributed by atoms with Gasteiger partial charge in [0, 0.05) is 31.5 Å². The van der Waals surface area contributed by atoms with E-state index in [2.05, 4.69) is 15.0 Å². The van der Waals surface area contributed by atoms with Crippen LogP contribution in [0.15, 0.2) is 30.9 Å². The van der Waals surface area contributed by atoms with E-state index in [1.165, 1.54) is 24.8 Å². The van der Waals surface area contributed by atoms with Gasteiger partial charge in [-0.2, -0.15) is 13.2 Å². The Morgan fingerprint density at radius 1 is 1.30 bits per heavy atom. The second-order valence-electron chi connectivity index (χ2n) is 6.16. The molecular formula is C17H18F3N5O2. The van der Waals surface area contributed by atoms with E-state index in [-0.39, 0.29) is 30.4 Å². The van der Waals surface area contributed by atoms with Crippen LogP contribution in [-0.2, 0) is 12.7 Å². The zero-order chi connectivity index (χ0) is 19.4. The molecule has 7 nitrogen and oxygen atoms in total. The smallest absolute Gasteiger partial charge is 0.433 e. The number of alkyl halides is 3. The zero-order valence-electron chi connectivity index (χ0n) is 14.3. The number of nitrogens with two attached hydrogens (primary N) is 1. The molecule has 0 aliphatic carbocycles. The maximum atomic E-state index is 13.0. The van der Waals surface area contributed by atoms with Gasteiger partial charge in [-0.15, -0.1) is 0 Å². The van der Waals surface area contributed by atoms with E-state index >= 15 is 0 Å². The molecule has 2 N–H and O–H groups in total. The predicted molar refractivity (Wildman–Crippen MR) is 88.7 cm³/mol. The standard InChI is InChI=1S/C17H18F3N5O2/c18-17(19,20)14-4-11(6-21)5-15(24-14)27-13-2-1-3-25(9-13)16(26)12-7-22-10-23-8-12/h4-5,7-8,10,13H,1-3,6,9,21H2. The van der Waals surface area contributed by atoms with Crippen LogP contribution in [-0.4, -0.2) is 45.0 Å². The Labute approximate surface area is 153 Å². The molecule has 1 fully saturated rings. The third-order valence-electron chi connectivity index (χ3n) is 4.15. The molecule has 0 radical (unpaired) electrons. The minimum Gasteiger partial charge on any atom is -0.472 e. The van der Waals surface area contributed by atoms with Crippen molar-refractivity contribution in [3.05, 3.63) is 47.7 Å². The van der Waals surface area contributed by atoms with E-state index in [0.717, 1.165) is 6.07 Å². The van der Waals surface area contributed by atoms with Crippen molar-refractivity contribution in [2.75, 3.05) is 13.1 Å². The van der Waals surface area contributed by atoms with E-state index in [1.54, 1.807) is 4.90 Å². The van der Waals surface area contributed by atoms with Crippen molar-refractivity contribution < 1.29 is 22.7 Å². The molecule has 1 aliphatic rings.